The fraction of sp³-hybridized carbons (Fsp3) is 0.444. The van der Waals surface area contributed by atoms with Crippen LogP contribution in [0.3, 0.4) is 0 Å². The number of hydrazine groups is 1. The first kappa shape index (κ1) is 16.9. The number of hydrogen-bond acceptors (Lipinski definition) is 7. The van der Waals surface area contributed by atoms with Crippen molar-refractivity contribution >= 4 is 11.5 Å². The Labute approximate surface area is 151 Å². The smallest absolute Gasteiger partial charge is 0.270 e. The first-order valence-corrected chi connectivity index (χ1v) is 8.94. The first-order valence-electron chi connectivity index (χ1n) is 8.94. The number of aromatic nitrogens is 2. The third kappa shape index (κ3) is 3.51. The molecule has 8 heteroatoms. The molecule has 136 valence electrons. The van der Waals surface area contributed by atoms with Crippen molar-refractivity contribution < 1.29 is 4.92 Å². The lowest BCUT2D eigenvalue weighted by Gasteiger charge is -2.31. The molecule has 0 radical (unpaired) electrons. The van der Waals surface area contributed by atoms with Crippen molar-refractivity contribution in [2.75, 3.05) is 11.9 Å². The van der Waals surface area contributed by atoms with Crippen LogP contribution < -0.4 is 16.2 Å². The lowest BCUT2D eigenvalue weighted by atomic mass is 9.83. The number of nitrogens with one attached hydrogen (secondary N) is 3. The largest absolute Gasteiger partial charge is 0.367 e. The fourth-order valence-electron chi connectivity index (χ4n) is 3.87. The van der Waals surface area contributed by atoms with Crippen LogP contribution in [-0.4, -0.2) is 33.5 Å². The van der Waals surface area contributed by atoms with Crippen molar-refractivity contribution in [2.24, 2.45) is 5.92 Å². The predicted molar refractivity (Wildman–Crippen MR) is 98.5 cm³/mol. The highest BCUT2D eigenvalue weighted by Crippen LogP contribution is 2.29. The van der Waals surface area contributed by atoms with Crippen LogP contribution in [0.2, 0.25) is 0 Å². The summed E-state index contributed by atoms with van der Waals surface area (Å²) in [7, 11) is 0. The number of benzene rings is 1. The van der Waals surface area contributed by atoms with Gasteiger partial charge in [-0.2, -0.15) is 0 Å². The SMILES string of the molecule is Cc1cc(NC2CCC3NNCC3C2)nc(-c2cccc([N+](=O)[O-])c2)n1. The third-order valence-corrected chi connectivity index (χ3v) is 5.16. The van der Waals surface area contributed by atoms with Crippen LogP contribution >= 0.6 is 0 Å². The topological polar surface area (TPSA) is 105 Å². The zero-order chi connectivity index (χ0) is 18.1. The maximum absolute atomic E-state index is 11.0. The molecule has 2 heterocycles. The van der Waals surface area contributed by atoms with E-state index in [1.54, 1.807) is 12.1 Å². The van der Waals surface area contributed by atoms with E-state index >= 15 is 0 Å². The summed E-state index contributed by atoms with van der Waals surface area (Å²) in [6, 6.07) is 9.32. The molecule has 3 unspecified atom stereocenters. The van der Waals surface area contributed by atoms with Gasteiger partial charge in [-0.1, -0.05) is 12.1 Å². The van der Waals surface area contributed by atoms with Gasteiger partial charge in [0.15, 0.2) is 5.82 Å². The quantitative estimate of drug-likeness (QED) is 0.572. The Kier molecular flexibility index (Phi) is 4.52. The number of hydrogen-bond donors (Lipinski definition) is 3. The zero-order valence-electron chi connectivity index (χ0n) is 14.6. The Hall–Kier alpha value is -2.58. The van der Waals surface area contributed by atoms with Gasteiger partial charge in [-0.25, -0.2) is 9.97 Å². The van der Waals surface area contributed by atoms with Gasteiger partial charge >= 0.3 is 0 Å². The number of nitro groups is 1. The minimum Gasteiger partial charge on any atom is -0.367 e. The van der Waals surface area contributed by atoms with Crippen molar-refractivity contribution in [1.29, 1.82) is 0 Å². The van der Waals surface area contributed by atoms with E-state index in [0.717, 1.165) is 37.3 Å². The van der Waals surface area contributed by atoms with E-state index in [4.69, 9.17) is 0 Å². The van der Waals surface area contributed by atoms with Crippen molar-refractivity contribution in [1.82, 2.24) is 20.8 Å². The zero-order valence-corrected chi connectivity index (χ0v) is 14.6. The molecular weight excluding hydrogens is 332 g/mol. The van der Waals surface area contributed by atoms with Gasteiger partial charge in [-0.05, 0) is 32.1 Å². The minimum atomic E-state index is -0.402. The maximum Gasteiger partial charge on any atom is 0.270 e. The van der Waals surface area contributed by atoms with E-state index < -0.39 is 4.92 Å². The van der Waals surface area contributed by atoms with Gasteiger partial charge in [-0.3, -0.25) is 21.0 Å². The molecule has 0 spiro atoms. The summed E-state index contributed by atoms with van der Waals surface area (Å²) in [6.45, 7) is 2.92. The molecule has 0 amide bonds. The molecule has 4 rings (SSSR count). The highest BCUT2D eigenvalue weighted by Gasteiger charge is 2.33. The Bertz CT molecular complexity index is 827. The van der Waals surface area contributed by atoms with E-state index in [1.165, 1.54) is 12.1 Å². The molecule has 1 aromatic heterocycles. The monoisotopic (exact) mass is 354 g/mol. The first-order chi connectivity index (χ1) is 12.6. The molecule has 2 aromatic rings. The summed E-state index contributed by atoms with van der Waals surface area (Å²) in [6.07, 6.45) is 3.32. The van der Waals surface area contributed by atoms with E-state index in [2.05, 4.69) is 26.1 Å². The molecule has 26 heavy (non-hydrogen) atoms. The lowest BCUT2D eigenvalue weighted by Crippen LogP contribution is -2.39. The molecule has 1 aliphatic carbocycles. The van der Waals surface area contributed by atoms with Crippen LogP contribution in [0.15, 0.2) is 30.3 Å². The summed E-state index contributed by atoms with van der Waals surface area (Å²) in [5.41, 5.74) is 8.11. The van der Waals surface area contributed by atoms with E-state index in [9.17, 15) is 10.1 Å². The molecule has 0 bridgehead atoms. The molecule has 2 fully saturated rings. The van der Waals surface area contributed by atoms with Gasteiger partial charge in [0, 0.05) is 48.1 Å². The minimum absolute atomic E-state index is 0.0432. The molecular formula is C18H22N6O2. The van der Waals surface area contributed by atoms with Crippen LogP contribution in [0, 0.1) is 23.0 Å². The fourth-order valence-corrected chi connectivity index (χ4v) is 3.87. The molecule has 1 aromatic carbocycles. The van der Waals surface area contributed by atoms with Gasteiger partial charge in [0.2, 0.25) is 0 Å². The van der Waals surface area contributed by atoms with Crippen molar-refractivity contribution in [3.05, 3.63) is 46.1 Å². The summed E-state index contributed by atoms with van der Waals surface area (Å²) >= 11 is 0. The molecule has 1 saturated heterocycles. The highest BCUT2D eigenvalue weighted by atomic mass is 16.6. The van der Waals surface area contributed by atoms with Gasteiger partial charge < -0.3 is 5.32 Å². The number of aryl methyl sites for hydroxylation is 1. The second-order valence-corrected chi connectivity index (χ2v) is 7.07. The normalized spacial score (nSPS) is 24.9. The Morgan fingerprint density at radius 1 is 1.27 bits per heavy atom. The predicted octanol–water partition coefficient (Wildman–Crippen LogP) is 2.42. The van der Waals surface area contributed by atoms with Crippen LogP contribution in [0.5, 0.6) is 0 Å². The Balaban J connectivity index is 1.55. The second-order valence-electron chi connectivity index (χ2n) is 7.07. The van der Waals surface area contributed by atoms with Crippen LogP contribution in [-0.2, 0) is 0 Å². The number of anilines is 1. The Morgan fingerprint density at radius 3 is 3.00 bits per heavy atom. The standard InChI is InChI=1S/C18H22N6O2/c1-11-7-17(21-14-5-6-16-13(8-14)10-19-23-16)22-18(20-11)12-3-2-4-15(9-12)24(25)26/h2-4,7,9,13-14,16,19,23H,5-6,8,10H2,1H3,(H,20,21,22). The lowest BCUT2D eigenvalue weighted by molar-refractivity contribution is -0.384. The Morgan fingerprint density at radius 2 is 2.15 bits per heavy atom. The van der Waals surface area contributed by atoms with Crippen molar-refractivity contribution in [3.63, 3.8) is 0 Å². The second kappa shape index (κ2) is 6.97. The van der Waals surface area contributed by atoms with Gasteiger partial charge in [-0.15, -0.1) is 0 Å². The van der Waals surface area contributed by atoms with Gasteiger partial charge in [0.05, 0.1) is 4.92 Å². The third-order valence-electron chi connectivity index (χ3n) is 5.16. The summed E-state index contributed by atoms with van der Waals surface area (Å²) in [5, 5.41) is 14.6. The van der Waals surface area contributed by atoms with E-state index in [1.807, 2.05) is 13.0 Å². The number of rotatable bonds is 4. The van der Waals surface area contributed by atoms with Crippen LogP contribution in [0.1, 0.15) is 25.0 Å². The van der Waals surface area contributed by atoms with Crippen molar-refractivity contribution in [2.45, 2.75) is 38.3 Å². The van der Waals surface area contributed by atoms with Gasteiger partial charge in [0.1, 0.15) is 5.82 Å². The van der Waals surface area contributed by atoms with Gasteiger partial charge in [0.25, 0.3) is 5.69 Å². The number of nitro benzene ring substituents is 1. The number of non-ortho nitro benzene ring substituents is 1. The molecule has 3 N–H and O–H groups in total. The molecule has 3 atom stereocenters. The average Bonchev–Trinajstić information content (AvgIpc) is 3.09. The molecule has 2 aliphatic rings. The molecule has 1 aliphatic heterocycles. The van der Waals surface area contributed by atoms with E-state index in [0.29, 0.717) is 29.4 Å². The summed E-state index contributed by atoms with van der Waals surface area (Å²) in [5.74, 6) is 1.93. The summed E-state index contributed by atoms with van der Waals surface area (Å²) in [4.78, 5) is 19.7. The van der Waals surface area contributed by atoms with Crippen molar-refractivity contribution in [3.8, 4) is 11.4 Å². The number of nitrogens with zero attached hydrogens (tertiary/aromatic N) is 3. The van der Waals surface area contributed by atoms with Crippen LogP contribution in [0.25, 0.3) is 11.4 Å². The van der Waals surface area contributed by atoms with Crippen LogP contribution in [0.4, 0.5) is 11.5 Å². The maximum atomic E-state index is 11.0. The molecule has 8 nitrogen and oxygen atoms in total. The average molecular weight is 354 g/mol. The van der Waals surface area contributed by atoms with E-state index in [-0.39, 0.29) is 5.69 Å². The molecule has 1 saturated carbocycles. The summed E-state index contributed by atoms with van der Waals surface area (Å²) < 4.78 is 0. The highest BCUT2D eigenvalue weighted by molar-refractivity contribution is 5.61. The number of fused-ring (bicyclic) bond motifs is 1.